The molecule has 4 saturated heterocycles. The number of methoxy groups -OCH3 is 3. The normalized spacial score (nSPS) is 39.3. The van der Waals surface area contributed by atoms with Gasteiger partial charge in [-0.3, -0.25) is 19.4 Å². The summed E-state index contributed by atoms with van der Waals surface area (Å²) in [7, 11) is 8.51. The van der Waals surface area contributed by atoms with E-state index in [0.717, 1.165) is 36.9 Å². The predicted molar refractivity (Wildman–Crippen MR) is 304 cm³/mol. The van der Waals surface area contributed by atoms with Crippen molar-refractivity contribution in [2.45, 2.75) is 201 Å². The molecule has 2 aromatic rings. The smallest absolute Gasteiger partial charge is 0.320 e. The van der Waals surface area contributed by atoms with Crippen LogP contribution < -0.4 is 14.4 Å². The zero-order valence-corrected chi connectivity index (χ0v) is 51.2. The minimum atomic E-state index is -1.45. The average molecular weight is 1230 g/mol. The van der Waals surface area contributed by atoms with Gasteiger partial charge in [-0.05, 0) is 141 Å². The van der Waals surface area contributed by atoms with Crippen molar-refractivity contribution in [2.75, 3.05) is 52.6 Å². The maximum Gasteiger partial charge on any atom is 0.320 e. The standard InChI is InChI=1S/C58H88IN3O15S/c1-32-28-57(8,70-14)51(75-54-47(64)41(61(10)11)26-33(2)71-54)35(4)48(74-44-29-56(7,69-13)50(65)37(6)72-44)36(5)52(66)76-55(59)58(9)45(34(3)46(32)63)49(53(67)77-58)78-25-24-62(31-38-18-17-23-60-30-38)39-21-22-42(68-12)43(27-39)73-40-19-15-16-20-40/h17-18,21-23,27,30,32-37,40-41,44-45,47-51,54-55,64-65H,15-16,19-20,24-26,28-29,31H2,1-14H3/t32-,33-,34-,35?,36-,37+,41+,44+,45+,47-,48+,49+,50+,51-,54+,55+,56-,57-,58+/m1/s1. The van der Waals surface area contributed by atoms with Gasteiger partial charge in [0.15, 0.2) is 33.8 Å². The number of carbonyl (C=O) groups is 3. The molecule has 1 aromatic carbocycles. The van der Waals surface area contributed by atoms with Crippen molar-refractivity contribution in [1.29, 1.82) is 0 Å². The molecule has 4 aliphatic heterocycles. The highest BCUT2D eigenvalue weighted by molar-refractivity contribution is 14.1. The lowest BCUT2D eigenvalue weighted by Gasteiger charge is -2.49. The second-order valence-electron chi connectivity index (χ2n) is 23.4. The molecule has 20 heteroatoms. The number of ether oxygens (including phenoxy) is 10. The van der Waals surface area contributed by atoms with Gasteiger partial charge in [0.05, 0.1) is 54.7 Å². The number of esters is 2. The second-order valence-corrected chi connectivity index (χ2v) is 25.8. The number of benzene rings is 1. The zero-order chi connectivity index (χ0) is 57.0. The van der Waals surface area contributed by atoms with Crippen molar-refractivity contribution in [3.8, 4) is 11.5 Å². The van der Waals surface area contributed by atoms with Crippen LogP contribution in [0.4, 0.5) is 5.69 Å². The minimum absolute atomic E-state index is 0.112. The number of aromatic nitrogens is 1. The van der Waals surface area contributed by atoms with E-state index in [4.69, 9.17) is 47.4 Å². The monoisotopic (exact) mass is 1230 g/mol. The number of hydrogen-bond donors (Lipinski definition) is 2. The van der Waals surface area contributed by atoms with Crippen LogP contribution in [0.2, 0.25) is 0 Å². The Hall–Kier alpha value is -2.90. The van der Waals surface area contributed by atoms with Gasteiger partial charge in [-0.2, -0.15) is 0 Å². The number of anilines is 1. The number of rotatable bonds is 17. The maximum atomic E-state index is 15.4. The molecule has 2 N–H and O–H groups in total. The molecule has 5 aliphatic rings. The Balaban J connectivity index is 1.23. The number of aliphatic hydroxyl groups is 2. The third kappa shape index (κ3) is 13.8. The molecule has 78 heavy (non-hydrogen) atoms. The fraction of sp³-hybridized carbons (Fsp3) is 0.759. The number of fused-ring (bicyclic) bond motifs is 1. The first kappa shape index (κ1) is 62.7. The summed E-state index contributed by atoms with van der Waals surface area (Å²) in [5.74, 6) is -3.48. The number of thioether (sulfide) groups is 1. The van der Waals surface area contributed by atoms with Crippen LogP contribution in [0.1, 0.15) is 113 Å². The van der Waals surface area contributed by atoms with Crippen molar-refractivity contribution in [2.24, 2.45) is 29.6 Å². The number of aliphatic hydroxyl groups excluding tert-OH is 2. The molecule has 5 fully saturated rings. The Bertz CT molecular complexity index is 2320. The molecule has 7 rings (SSSR count). The number of hydrogen-bond acceptors (Lipinski definition) is 19. The van der Waals surface area contributed by atoms with E-state index in [1.54, 1.807) is 48.1 Å². The number of alkyl halides is 1. The van der Waals surface area contributed by atoms with Crippen molar-refractivity contribution in [3.63, 3.8) is 0 Å². The summed E-state index contributed by atoms with van der Waals surface area (Å²) >= 11 is 3.45. The van der Waals surface area contributed by atoms with Gasteiger partial charge in [-0.25, -0.2) is 0 Å². The highest BCUT2D eigenvalue weighted by Gasteiger charge is 2.62. The predicted octanol–water partition coefficient (Wildman–Crippen LogP) is 7.78. The summed E-state index contributed by atoms with van der Waals surface area (Å²) in [4.78, 5) is 53.5. The van der Waals surface area contributed by atoms with Crippen LogP contribution >= 0.6 is 34.4 Å². The fourth-order valence-electron chi connectivity index (χ4n) is 12.7. The van der Waals surface area contributed by atoms with Crippen LogP contribution in [0.5, 0.6) is 11.5 Å². The van der Waals surface area contributed by atoms with Crippen LogP contribution in [0.15, 0.2) is 42.7 Å². The van der Waals surface area contributed by atoms with E-state index >= 15 is 9.59 Å². The topological polar surface area (TPSA) is 203 Å². The van der Waals surface area contributed by atoms with Gasteiger partial charge in [0.1, 0.15) is 23.2 Å². The lowest BCUT2D eigenvalue weighted by Crippen LogP contribution is -2.61. The Morgan fingerprint density at radius 3 is 2.22 bits per heavy atom. The van der Waals surface area contributed by atoms with Crippen molar-refractivity contribution >= 4 is 57.8 Å². The summed E-state index contributed by atoms with van der Waals surface area (Å²) in [5, 5.41) is 22.3. The Morgan fingerprint density at radius 1 is 0.872 bits per heavy atom. The van der Waals surface area contributed by atoms with E-state index in [1.165, 1.54) is 18.9 Å². The van der Waals surface area contributed by atoms with Crippen LogP contribution in [-0.4, -0.2) is 173 Å². The molecule has 5 heterocycles. The van der Waals surface area contributed by atoms with E-state index in [2.05, 4.69) is 9.88 Å². The molecule has 1 saturated carbocycles. The lowest BCUT2D eigenvalue weighted by molar-refractivity contribution is -0.319. The lowest BCUT2D eigenvalue weighted by atomic mass is 9.72. The van der Waals surface area contributed by atoms with Gasteiger partial charge < -0.3 is 67.4 Å². The summed E-state index contributed by atoms with van der Waals surface area (Å²) < 4.78 is 63.2. The second kappa shape index (κ2) is 26.6. The highest BCUT2D eigenvalue weighted by atomic mass is 127. The van der Waals surface area contributed by atoms with E-state index in [0.29, 0.717) is 36.8 Å². The molecule has 0 radical (unpaired) electrons. The van der Waals surface area contributed by atoms with Crippen molar-refractivity contribution in [1.82, 2.24) is 9.88 Å². The first-order valence-corrected chi connectivity index (χ1v) is 30.1. The van der Waals surface area contributed by atoms with Crippen molar-refractivity contribution < 1.29 is 72.0 Å². The minimum Gasteiger partial charge on any atom is -0.493 e. The number of likely N-dealkylation sites (N-methyl/N-ethyl adjacent to an activating group) is 1. The number of pyridine rings is 1. The summed E-state index contributed by atoms with van der Waals surface area (Å²) in [6.45, 7) is 17.4. The van der Waals surface area contributed by atoms with Crippen molar-refractivity contribution in [3.05, 3.63) is 48.3 Å². The number of cyclic esters (lactones) is 1. The van der Waals surface area contributed by atoms with Crippen LogP contribution in [0.25, 0.3) is 0 Å². The van der Waals surface area contributed by atoms with Crippen LogP contribution in [0.3, 0.4) is 0 Å². The van der Waals surface area contributed by atoms with Gasteiger partial charge >= 0.3 is 11.9 Å². The Labute approximate surface area is 480 Å². The third-order valence-electron chi connectivity index (χ3n) is 17.5. The van der Waals surface area contributed by atoms with E-state index < -0.39 is 111 Å². The van der Waals surface area contributed by atoms with Gasteiger partial charge in [-0.15, -0.1) is 11.8 Å². The van der Waals surface area contributed by atoms with E-state index in [1.807, 2.05) is 113 Å². The summed E-state index contributed by atoms with van der Waals surface area (Å²) in [6.07, 6.45) is 1.54. The van der Waals surface area contributed by atoms with Gasteiger partial charge in [0, 0.05) is 93.3 Å². The largest absolute Gasteiger partial charge is 0.493 e. The molecule has 1 aliphatic carbocycles. The van der Waals surface area contributed by atoms with Crippen LogP contribution in [0, 0.1) is 29.6 Å². The quantitative estimate of drug-likeness (QED) is 0.0882. The SMILES string of the molecule is COc1ccc(N(CCS[C@@H]2C(=O)O[C@@]3(C)[C@H]2[C@@H](C)C(=O)[C@H](C)C[C@@](C)(OC)[C@H](O[C@@H]2O[C@H](C)C[C@H](N(C)C)[C@H]2O)C(C)[C@H](O[C@H]2C[C@@](C)(OC)[C@@H](O)[C@H](C)O2)[C@@H](C)C(=O)O[C@@H]3I)Cc2cccnc2)cc1OC1CCCC1. The zero-order valence-electron chi connectivity index (χ0n) is 48.3. The molecular formula is C58H88IN3O15S. The molecule has 438 valence electrons. The first-order chi connectivity index (χ1) is 36.9. The summed E-state index contributed by atoms with van der Waals surface area (Å²) in [5.41, 5.74) is -1.90. The number of carbonyl (C=O) groups excluding carboxylic acids is 3. The molecule has 18 nitrogen and oxygen atoms in total. The number of ketones is 1. The molecular weight excluding hydrogens is 1140 g/mol. The first-order valence-electron chi connectivity index (χ1n) is 27.8. The average Bonchev–Trinajstić information content (AvgIpc) is 4.25. The molecule has 1 aromatic heterocycles. The summed E-state index contributed by atoms with van der Waals surface area (Å²) in [6, 6.07) is 9.57. The Kier molecular flexibility index (Phi) is 21.3. The van der Waals surface area contributed by atoms with Gasteiger partial charge in [0.2, 0.25) is 0 Å². The van der Waals surface area contributed by atoms with Gasteiger partial charge in [0.25, 0.3) is 0 Å². The number of nitrogens with zero attached hydrogens (tertiary/aromatic N) is 3. The number of halogens is 1. The van der Waals surface area contributed by atoms with E-state index in [-0.39, 0.29) is 36.9 Å². The molecule has 19 atom stereocenters. The molecule has 0 bridgehead atoms. The van der Waals surface area contributed by atoms with E-state index in [9.17, 15) is 15.0 Å². The molecule has 1 unspecified atom stereocenters. The van der Waals surface area contributed by atoms with Crippen LogP contribution in [-0.2, 0) is 58.8 Å². The maximum absolute atomic E-state index is 15.4. The number of Topliss-reactive ketones (excluding diaryl/α,β-unsaturated/α-hetero) is 1. The third-order valence-corrected chi connectivity index (χ3v) is 20.3. The highest BCUT2D eigenvalue weighted by Crippen LogP contribution is 2.50. The molecule has 0 spiro atoms. The van der Waals surface area contributed by atoms with Gasteiger partial charge in [-0.1, -0.05) is 26.8 Å². The Morgan fingerprint density at radius 2 is 1.58 bits per heavy atom. The fourth-order valence-corrected chi connectivity index (χ4v) is 15.0. The molecule has 0 amide bonds.